The van der Waals surface area contributed by atoms with Crippen molar-refractivity contribution in [1.29, 1.82) is 0 Å². The minimum atomic E-state index is -1.73. The first-order valence-corrected chi connectivity index (χ1v) is 4.11. The molecule has 1 rings (SSSR count). The molecule has 4 nitrogen and oxygen atoms in total. The van der Waals surface area contributed by atoms with Crippen LogP contribution in [0.2, 0.25) is 0 Å². The molecule has 0 aromatic heterocycles. The molecule has 0 aliphatic carbocycles. The standard InChI is InChI=1S/C7H8BFO2.C2H3NO/c1-5-2-3-6(8(10)11)7(9)4-5;1-3-2-4/h2-4,10-11H,1H3;1H3. The van der Waals surface area contributed by atoms with Gasteiger partial charge in [0.05, 0.1) is 0 Å². The molecule has 0 saturated heterocycles. The van der Waals surface area contributed by atoms with Crippen LogP contribution in [0.4, 0.5) is 4.39 Å². The predicted octanol–water partition coefficient (Wildman–Crippen LogP) is -0.234. The van der Waals surface area contributed by atoms with Gasteiger partial charge in [-0.1, -0.05) is 12.1 Å². The normalized spacial score (nSPS) is 8.33. The molecule has 0 atom stereocenters. The van der Waals surface area contributed by atoms with E-state index in [0.29, 0.717) is 0 Å². The summed E-state index contributed by atoms with van der Waals surface area (Å²) >= 11 is 0. The molecule has 0 spiro atoms. The molecule has 0 saturated carbocycles. The zero-order valence-corrected chi connectivity index (χ0v) is 8.44. The van der Waals surface area contributed by atoms with Crippen LogP contribution in [0.25, 0.3) is 0 Å². The fraction of sp³-hybridized carbons (Fsp3) is 0.222. The molecule has 0 amide bonds. The predicted molar refractivity (Wildman–Crippen MR) is 55.0 cm³/mol. The van der Waals surface area contributed by atoms with Crippen LogP contribution in [0.1, 0.15) is 5.56 Å². The Morgan fingerprint density at radius 3 is 2.33 bits per heavy atom. The van der Waals surface area contributed by atoms with Crippen molar-refractivity contribution in [2.75, 3.05) is 7.05 Å². The molecule has 0 radical (unpaired) electrons. The summed E-state index contributed by atoms with van der Waals surface area (Å²) in [6.45, 7) is 1.73. The molecule has 80 valence electrons. The second-order valence-corrected chi connectivity index (χ2v) is 2.71. The van der Waals surface area contributed by atoms with E-state index in [-0.39, 0.29) is 5.46 Å². The lowest BCUT2D eigenvalue weighted by Crippen LogP contribution is -2.32. The lowest BCUT2D eigenvalue weighted by atomic mass is 9.79. The third-order valence-electron chi connectivity index (χ3n) is 1.53. The fourth-order valence-corrected chi connectivity index (χ4v) is 0.842. The molecule has 0 aliphatic rings. The van der Waals surface area contributed by atoms with Crippen LogP contribution in [0.15, 0.2) is 23.2 Å². The highest BCUT2D eigenvalue weighted by Gasteiger charge is 2.15. The quantitative estimate of drug-likeness (QED) is 0.382. The van der Waals surface area contributed by atoms with Crippen LogP contribution in [-0.2, 0) is 4.79 Å². The zero-order valence-electron chi connectivity index (χ0n) is 8.44. The van der Waals surface area contributed by atoms with Crippen molar-refractivity contribution >= 4 is 18.7 Å². The number of benzene rings is 1. The van der Waals surface area contributed by atoms with Gasteiger partial charge in [-0.2, -0.15) is 0 Å². The fourth-order valence-electron chi connectivity index (χ4n) is 0.842. The third kappa shape index (κ3) is 5.07. The second-order valence-electron chi connectivity index (χ2n) is 2.71. The van der Waals surface area contributed by atoms with Crippen molar-refractivity contribution in [2.45, 2.75) is 6.92 Å². The molecule has 1 aromatic carbocycles. The molecular formula is C9H11BFNO3. The van der Waals surface area contributed by atoms with E-state index in [2.05, 4.69) is 4.99 Å². The number of halogens is 1. The van der Waals surface area contributed by atoms with Crippen LogP contribution in [0.5, 0.6) is 0 Å². The van der Waals surface area contributed by atoms with Crippen LogP contribution in [0, 0.1) is 12.7 Å². The summed E-state index contributed by atoms with van der Waals surface area (Å²) in [5, 5.41) is 17.2. The Bertz CT molecular complexity index is 364. The van der Waals surface area contributed by atoms with Gasteiger partial charge >= 0.3 is 7.12 Å². The highest BCUT2D eigenvalue weighted by Crippen LogP contribution is 1.99. The average Bonchev–Trinajstić information content (AvgIpc) is 2.17. The maximum Gasteiger partial charge on any atom is 0.491 e. The minimum absolute atomic E-state index is 0.0874. The van der Waals surface area contributed by atoms with Crippen molar-refractivity contribution in [3.63, 3.8) is 0 Å². The first-order valence-electron chi connectivity index (χ1n) is 4.11. The van der Waals surface area contributed by atoms with Crippen LogP contribution < -0.4 is 5.46 Å². The van der Waals surface area contributed by atoms with Crippen LogP contribution in [-0.4, -0.2) is 30.3 Å². The van der Waals surface area contributed by atoms with Gasteiger partial charge in [-0.15, -0.1) is 0 Å². The second kappa shape index (κ2) is 6.89. The summed E-state index contributed by atoms with van der Waals surface area (Å²) in [4.78, 5) is 11.8. The Balaban J connectivity index is 0.000000423. The topological polar surface area (TPSA) is 69.9 Å². The maximum absolute atomic E-state index is 12.8. The van der Waals surface area contributed by atoms with Gasteiger partial charge in [0, 0.05) is 12.5 Å². The highest BCUT2D eigenvalue weighted by molar-refractivity contribution is 6.58. The SMILES string of the molecule is CN=C=O.Cc1ccc(B(O)O)c(F)c1. The Morgan fingerprint density at radius 2 is 2.00 bits per heavy atom. The molecule has 0 bridgehead atoms. The van der Waals surface area contributed by atoms with Crippen molar-refractivity contribution in [3.05, 3.63) is 29.6 Å². The molecule has 0 unspecified atom stereocenters. The van der Waals surface area contributed by atoms with Crippen molar-refractivity contribution in [1.82, 2.24) is 0 Å². The van der Waals surface area contributed by atoms with E-state index in [0.717, 1.165) is 5.56 Å². The Kier molecular flexibility index (Phi) is 6.21. The molecule has 0 aliphatic heterocycles. The molecule has 6 heteroatoms. The average molecular weight is 211 g/mol. The number of nitrogens with zero attached hydrogens (tertiary/aromatic N) is 1. The van der Waals surface area contributed by atoms with Crippen molar-refractivity contribution in [2.24, 2.45) is 4.99 Å². The lowest BCUT2D eigenvalue weighted by Gasteiger charge is -2.00. The van der Waals surface area contributed by atoms with Gasteiger partial charge in [0.25, 0.3) is 0 Å². The Morgan fingerprint density at radius 1 is 1.47 bits per heavy atom. The third-order valence-corrected chi connectivity index (χ3v) is 1.53. The first kappa shape index (κ1) is 13.5. The summed E-state index contributed by atoms with van der Waals surface area (Å²) in [5.41, 5.74) is 0.669. The van der Waals surface area contributed by atoms with E-state index in [1.807, 2.05) is 0 Å². The summed E-state index contributed by atoms with van der Waals surface area (Å²) in [6.07, 6.45) is 1.31. The van der Waals surface area contributed by atoms with Gasteiger partial charge in [-0.3, -0.25) is 0 Å². The number of hydrogen-bond donors (Lipinski definition) is 2. The highest BCUT2D eigenvalue weighted by atomic mass is 19.1. The molecular weight excluding hydrogens is 200 g/mol. The molecule has 0 heterocycles. The molecule has 1 aromatic rings. The lowest BCUT2D eigenvalue weighted by molar-refractivity contribution is 0.423. The number of carbonyl (C=O) groups excluding carboxylic acids is 1. The van der Waals surface area contributed by atoms with E-state index in [9.17, 15) is 4.39 Å². The molecule has 15 heavy (non-hydrogen) atoms. The minimum Gasteiger partial charge on any atom is -0.423 e. The number of aryl methyl sites for hydroxylation is 1. The Labute approximate surface area is 87.2 Å². The number of isocyanates is 1. The van der Waals surface area contributed by atoms with E-state index in [4.69, 9.17) is 14.8 Å². The summed E-state index contributed by atoms with van der Waals surface area (Å²) in [5.74, 6) is -0.583. The first-order chi connectivity index (χ1) is 7.02. The number of aliphatic imine (C=N–C) groups is 1. The zero-order chi connectivity index (χ0) is 11.8. The van der Waals surface area contributed by atoms with Crippen molar-refractivity contribution < 1.29 is 19.2 Å². The van der Waals surface area contributed by atoms with Gasteiger partial charge < -0.3 is 10.0 Å². The van der Waals surface area contributed by atoms with E-state index < -0.39 is 12.9 Å². The number of hydrogen-bond acceptors (Lipinski definition) is 4. The monoisotopic (exact) mass is 211 g/mol. The molecule has 0 fully saturated rings. The summed E-state index contributed by atoms with van der Waals surface area (Å²) in [6, 6.07) is 4.24. The van der Waals surface area contributed by atoms with Crippen molar-refractivity contribution in [3.8, 4) is 0 Å². The Hall–Kier alpha value is -1.49. The van der Waals surface area contributed by atoms with Gasteiger partial charge in [-0.05, 0) is 18.6 Å². The van der Waals surface area contributed by atoms with E-state index in [1.165, 1.54) is 25.3 Å². The maximum atomic E-state index is 12.8. The largest absolute Gasteiger partial charge is 0.491 e. The molecule has 2 N–H and O–H groups in total. The smallest absolute Gasteiger partial charge is 0.423 e. The van der Waals surface area contributed by atoms with E-state index >= 15 is 0 Å². The van der Waals surface area contributed by atoms with Gasteiger partial charge in [0.15, 0.2) is 0 Å². The summed E-state index contributed by atoms with van der Waals surface area (Å²) < 4.78 is 12.8. The number of rotatable bonds is 1. The summed E-state index contributed by atoms with van der Waals surface area (Å²) in [7, 11) is -0.344. The van der Waals surface area contributed by atoms with Gasteiger partial charge in [-0.25, -0.2) is 14.2 Å². The van der Waals surface area contributed by atoms with Gasteiger partial charge in [0.2, 0.25) is 6.08 Å². The van der Waals surface area contributed by atoms with Crippen LogP contribution in [0.3, 0.4) is 0 Å². The van der Waals surface area contributed by atoms with Crippen LogP contribution >= 0.6 is 0 Å². The van der Waals surface area contributed by atoms with E-state index in [1.54, 1.807) is 13.0 Å². The van der Waals surface area contributed by atoms with Gasteiger partial charge in [0.1, 0.15) is 5.82 Å².